The van der Waals surface area contributed by atoms with E-state index in [0.717, 1.165) is 29.0 Å². The highest BCUT2D eigenvalue weighted by molar-refractivity contribution is 5.86. The number of hydrogen-bond acceptors (Lipinski definition) is 3. The number of ether oxygens (including phenoxy) is 1. The van der Waals surface area contributed by atoms with Crippen LogP contribution in [-0.4, -0.2) is 9.97 Å². The largest absolute Gasteiger partial charge is 0.486 e. The predicted molar refractivity (Wildman–Crippen MR) is 80.7 cm³/mol. The molecule has 3 aromatic rings. The molecule has 0 unspecified atom stereocenters. The van der Waals surface area contributed by atoms with Gasteiger partial charge in [-0.1, -0.05) is 25.1 Å². The number of benzene rings is 2. The van der Waals surface area contributed by atoms with Gasteiger partial charge in [0.25, 0.3) is 0 Å². The highest BCUT2D eigenvalue weighted by Crippen LogP contribution is 2.19. The summed E-state index contributed by atoms with van der Waals surface area (Å²) in [6, 6.07) is 13.8. The zero-order chi connectivity index (χ0) is 13.9. The van der Waals surface area contributed by atoms with E-state index in [4.69, 9.17) is 10.5 Å². The molecule has 20 heavy (non-hydrogen) atoms. The van der Waals surface area contributed by atoms with E-state index in [1.807, 2.05) is 30.3 Å². The molecule has 0 saturated carbocycles. The van der Waals surface area contributed by atoms with Gasteiger partial charge in [-0.2, -0.15) is 0 Å². The fraction of sp³-hybridized carbons (Fsp3) is 0.188. The quantitative estimate of drug-likeness (QED) is 0.713. The molecule has 0 radical (unpaired) electrons. The number of para-hydroxylation sites is 1. The summed E-state index contributed by atoms with van der Waals surface area (Å²) in [6.45, 7) is 2.53. The highest BCUT2D eigenvalue weighted by atomic mass is 16.5. The van der Waals surface area contributed by atoms with E-state index >= 15 is 0 Å². The summed E-state index contributed by atoms with van der Waals surface area (Å²) in [5, 5.41) is 0. The maximum atomic E-state index is 5.89. The Morgan fingerprint density at radius 1 is 1.20 bits per heavy atom. The second kappa shape index (κ2) is 5.25. The molecule has 0 aliphatic rings. The zero-order valence-electron chi connectivity index (χ0n) is 11.4. The molecule has 4 heteroatoms. The lowest BCUT2D eigenvalue weighted by Gasteiger charge is -2.05. The average molecular weight is 267 g/mol. The van der Waals surface area contributed by atoms with Gasteiger partial charge in [0, 0.05) is 0 Å². The first-order valence-corrected chi connectivity index (χ1v) is 6.71. The molecular weight excluding hydrogens is 250 g/mol. The molecule has 0 atom stereocenters. The molecule has 0 fully saturated rings. The molecular formula is C16H17N3O. The van der Waals surface area contributed by atoms with E-state index < -0.39 is 0 Å². The lowest BCUT2D eigenvalue weighted by molar-refractivity contribution is 0.297. The third kappa shape index (κ3) is 2.45. The van der Waals surface area contributed by atoms with Crippen LogP contribution in [0.3, 0.4) is 0 Å². The number of rotatable bonds is 4. The first-order chi connectivity index (χ1) is 9.76. The van der Waals surface area contributed by atoms with Crippen LogP contribution >= 0.6 is 0 Å². The minimum Gasteiger partial charge on any atom is -0.486 e. The van der Waals surface area contributed by atoms with E-state index in [1.54, 1.807) is 0 Å². The molecule has 102 valence electrons. The Labute approximate surface area is 117 Å². The van der Waals surface area contributed by atoms with E-state index in [-0.39, 0.29) is 0 Å². The van der Waals surface area contributed by atoms with Crippen molar-refractivity contribution in [3.8, 4) is 5.75 Å². The monoisotopic (exact) mass is 267 g/mol. The first-order valence-electron chi connectivity index (χ1n) is 6.71. The second-order valence-electron chi connectivity index (χ2n) is 4.72. The topological polar surface area (TPSA) is 63.9 Å². The maximum absolute atomic E-state index is 5.89. The number of nitrogens with one attached hydrogen (secondary N) is 1. The summed E-state index contributed by atoms with van der Waals surface area (Å²) in [7, 11) is 0. The number of imidazole rings is 1. The third-order valence-corrected chi connectivity index (χ3v) is 3.28. The van der Waals surface area contributed by atoms with Gasteiger partial charge in [-0.05, 0) is 36.2 Å². The summed E-state index contributed by atoms with van der Waals surface area (Å²) in [4.78, 5) is 7.68. The van der Waals surface area contributed by atoms with Gasteiger partial charge in [-0.15, -0.1) is 0 Å². The van der Waals surface area contributed by atoms with Gasteiger partial charge in [-0.25, -0.2) is 4.98 Å². The van der Waals surface area contributed by atoms with Crippen molar-refractivity contribution in [2.75, 3.05) is 5.73 Å². The molecule has 4 nitrogen and oxygen atoms in total. The number of aromatic amines is 1. The highest BCUT2D eigenvalue weighted by Gasteiger charge is 2.06. The Morgan fingerprint density at radius 3 is 2.85 bits per heavy atom. The van der Waals surface area contributed by atoms with E-state index in [2.05, 4.69) is 29.0 Å². The Kier molecular flexibility index (Phi) is 3.29. The van der Waals surface area contributed by atoms with Crippen molar-refractivity contribution >= 4 is 16.7 Å². The zero-order valence-corrected chi connectivity index (χ0v) is 11.4. The van der Waals surface area contributed by atoms with Crippen LogP contribution in [0.25, 0.3) is 11.0 Å². The molecule has 0 aliphatic carbocycles. The predicted octanol–water partition coefficient (Wildman–Crippen LogP) is 3.29. The standard InChI is InChI=1S/C16H17N3O/c1-2-11-5-3-6-12(9-11)20-10-15-18-14-8-4-7-13(17)16(14)19-15/h3-9H,2,10,17H2,1H3,(H,18,19). The molecule has 1 heterocycles. The van der Waals surface area contributed by atoms with Gasteiger partial charge in [0.05, 0.1) is 11.2 Å². The van der Waals surface area contributed by atoms with Crippen LogP contribution in [0.4, 0.5) is 5.69 Å². The van der Waals surface area contributed by atoms with Crippen molar-refractivity contribution in [3.05, 3.63) is 53.9 Å². The summed E-state index contributed by atoms with van der Waals surface area (Å²) >= 11 is 0. The van der Waals surface area contributed by atoms with Crippen molar-refractivity contribution in [2.45, 2.75) is 20.0 Å². The van der Waals surface area contributed by atoms with Crippen LogP contribution in [-0.2, 0) is 13.0 Å². The van der Waals surface area contributed by atoms with E-state index in [0.29, 0.717) is 12.3 Å². The van der Waals surface area contributed by atoms with Crippen molar-refractivity contribution in [3.63, 3.8) is 0 Å². The fourth-order valence-corrected chi connectivity index (χ4v) is 2.18. The normalized spacial score (nSPS) is 10.8. The Bertz CT molecular complexity index is 733. The molecule has 0 aliphatic heterocycles. The van der Waals surface area contributed by atoms with Gasteiger partial charge < -0.3 is 15.5 Å². The first kappa shape index (κ1) is 12.5. The minimum absolute atomic E-state index is 0.404. The van der Waals surface area contributed by atoms with Gasteiger partial charge in [-0.3, -0.25) is 0 Å². The van der Waals surface area contributed by atoms with E-state index in [9.17, 15) is 0 Å². The number of nitrogen functional groups attached to an aromatic ring is 1. The molecule has 0 spiro atoms. The Balaban J connectivity index is 1.78. The number of aryl methyl sites for hydroxylation is 1. The minimum atomic E-state index is 0.404. The molecule has 0 bridgehead atoms. The van der Waals surface area contributed by atoms with Gasteiger partial charge in [0.15, 0.2) is 0 Å². The fourth-order valence-electron chi connectivity index (χ4n) is 2.18. The number of anilines is 1. The number of fused-ring (bicyclic) bond motifs is 1. The maximum Gasteiger partial charge on any atom is 0.146 e. The van der Waals surface area contributed by atoms with E-state index in [1.165, 1.54) is 5.56 Å². The number of hydrogen-bond donors (Lipinski definition) is 2. The molecule has 3 rings (SSSR count). The number of nitrogens with two attached hydrogens (primary N) is 1. The van der Waals surface area contributed by atoms with Crippen LogP contribution < -0.4 is 10.5 Å². The van der Waals surface area contributed by atoms with Crippen LogP contribution in [0.15, 0.2) is 42.5 Å². The Morgan fingerprint density at radius 2 is 2.05 bits per heavy atom. The summed E-state index contributed by atoms with van der Waals surface area (Å²) in [6.07, 6.45) is 0.998. The average Bonchev–Trinajstić information content (AvgIpc) is 2.90. The third-order valence-electron chi connectivity index (χ3n) is 3.28. The van der Waals surface area contributed by atoms with Gasteiger partial charge in [0.2, 0.25) is 0 Å². The second-order valence-corrected chi connectivity index (χ2v) is 4.72. The van der Waals surface area contributed by atoms with Crippen LogP contribution in [0.5, 0.6) is 5.75 Å². The Hall–Kier alpha value is -2.49. The SMILES string of the molecule is CCc1cccc(OCc2nc3c(N)cccc3[nH]2)c1. The molecule has 1 aromatic heterocycles. The van der Waals surface area contributed by atoms with Gasteiger partial charge >= 0.3 is 0 Å². The van der Waals surface area contributed by atoms with Crippen LogP contribution in [0, 0.1) is 0 Å². The molecule has 3 N–H and O–H groups in total. The lowest BCUT2D eigenvalue weighted by atomic mass is 10.2. The summed E-state index contributed by atoms with van der Waals surface area (Å²) < 4.78 is 5.77. The van der Waals surface area contributed by atoms with Crippen LogP contribution in [0.1, 0.15) is 18.3 Å². The molecule has 2 aromatic carbocycles. The number of nitrogens with zero attached hydrogens (tertiary/aromatic N) is 1. The van der Waals surface area contributed by atoms with Crippen molar-refractivity contribution in [2.24, 2.45) is 0 Å². The number of aromatic nitrogens is 2. The van der Waals surface area contributed by atoms with Crippen molar-refractivity contribution < 1.29 is 4.74 Å². The van der Waals surface area contributed by atoms with Crippen LogP contribution in [0.2, 0.25) is 0 Å². The van der Waals surface area contributed by atoms with Crippen molar-refractivity contribution in [1.29, 1.82) is 0 Å². The smallest absolute Gasteiger partial charge is 0.146 e. The molecule has 0 amide bonds. The summed E-state index contributed by atoms with van der Waals surface area (Å²) in [5.41, 5.74) is 9.57. The van der Waals surface area contributed by atoms with Gasteiger partial charge in [0.1, 0.15) is 23.7 Å². The lowest BCUT2D eigenvalue weighted by Crippen LogP contribution is -1.97. The molecule has 0 saturated heterocycles. The summed E-state index contributed by atoms with van der Waals surface area (Å²) in [5.74, 6) is 1.64. The number of H-pyrrole nitrogens is 1. The van der Waals surface area contributed by atoms with Crippen molar-refractivity contribution in [1.82, 2.24) is 9.97 Å².